The highest BCUT2D eigenvalue weighted by Gasteiger charge is 2.38. The number of fused-ring (bicyclic) bond motifs is 1. The summed E-state index contributed by atoms with van der Waals surface area (Å²) in [5.41, 5.74) is 0.787. The Morgan fingerprint density at radius 3 is 2.43 bits per heavy atom. The number of halogens is 1. The molecule has 9 heteroatoms. The average Bonchev–Trinajstić information content (AvgIpc) is 3.28. The van der Waals surface area contributed by atoms with Crippen LogP contribution in [0, 0.1) is 5.82 Å². The molecule has 1 aromatic heterocycles. The summed E-state index contributed by atoms with van der Waals surface area (Å²) in [5.74, 6) is -1.36. The molecule has 0 atom stereocenters. The minimum atomic E-state index is -0.764. The van der Waals surface area contributed by atoms with Crippen LogP contribution in [0.1, 0.15) is 33.2 Å². The van der Waals surface area contributed by atoms with Crippen molar-refractivity contribution in [2.24, 2.45) is 0 Å². The van der Waals surface area contributed by atoms with Crippen LogP contribution in [0.4, 0.5) is 20.7 Å². The number of nitrogens with one attached hydrogen (secondary N) is 1. The molecule has 0 saturated carbocycles. The molecule has 0 fully saturated rings. The molecular weight excluding hydrogens is 391 g/mol. The van der Waals surface area contributed by atoms with Gasteiger partial charge in [-0.1, -0.05) is 24.3 Å². The molecule has 2 aromatic carbocycles. The highest BCUT2D eigenvalue weighted by Crippen LogP contribution is 2.29. The fourth-order valence-electron chi connectivity index (χ4n) is 3.27. The molecule has 30 heavy (non-hydrogen) atoms. The zero-order valence-electron chi connectivity index (χ0n) is 16.0. The first-order valence-corrected chi connectivity index (χ1v) is 9.22. The summed E-state index contributed by atoms with van der Waals surface area (Å²) < 4.78 is 21.0. The van der Waals surface area contributed by atoms with Crippen LogP contribution in [0.5, 0.6) is 0 Å². The van der Waals surface area contributed by atoms with Gasteiger partial charge >= 0.3 is 6.09 Å². The monoisotopic (exact) mass is 408 g/mol. The molecule has 0 saturated heterocycles. The second kappa shape index (κ2) is 7.78. The van der Waals surface area contributed by atoms with Crippen LogP contribution in [-0.4, -0.2) is 34.3 Å². The van der Waals surface area contributed by atoms with E-state index >= 15 is 0 Å². The number of aromatic nitrogens is 2. The van der Waals surface area contributed by atoms with E-state index < -0.39 is 23.7 Å². The van der Waals surface area contributed by atoms with Crippen molar-refractivity contribution < 1.29 is 23.5 Å². The third-order valence-electron chi connectivity index (χ3n) is 4.63. The molecule has 8 nitrogen and oxygen atoms in total. The van der Waals surface area contributed by atoms with Gasteiger partial charge in [-0.2, -0.15) is 5.10 Å². The number of hydrogen-bond acceptors (Lipinski definition) is 5. The summed E-state index contributed by atoms with van der Waals surface area (Å²) in [6.07, 6.45) is 0.664. The molecule has 0 spiro atoms. The fourth-order valence-corrected chi connectivity index (χ4v) is 3.27. The van der Waals surface area contributed by atoms with Crippen LogP contribution >= 0.6 is 0 Å². The van der Waals surface area contributed by atoms with Gasteiger partial charge in [0.15, 0.2) is 5.82 Å². The fraction of sp³-hybridized carbons (Fsp3) is 0.143. The largest absolute Gasteiger partial charge is 0.450 e. The summed E-state index contributed by atoms with van der Waals surface area (Å²) in [6.45, 7) is 1.74. The number of carbonyl (C=O) groups is 3. The van der Waals surface area contributed by atoms with Gasteiger partial charge in [0.2, 0.25) is 0 Å². The summed E-state index contributed by atoms with van der Waals surface area (Å²) >= 11 is 0. The van der Waals surface area contributed by atoms with Crippen LogP contribution in [0.3, 0.4) is 0 Å². The van der Waals surface area contributed by atoms with Crippen molar-refractivity contribution in [2.45, 2.75) is 13.5 Å². The molecule has 2 heterocycles. The molecule has 1 aliphatic rings. The summed E-state index contributed by atoms with van der Waals surface area (Å²) in [5, 5.41) is 6.48. The lowest BCUT2D eigenvalue weighted by molar-refractivity contribution is 0.0923. The van der Waals surface area contributed by atoms with Crippen LogP contribution in [0.15, 0.2) is 54.7 Å². The normalized spacial score (nSPS) is 12.8. The van der Waals surface area contributed by atoms with E-state index in [2.05, 4.69) is 10.4 Å². The predicted molar refractivity (Wildman–Crippen MR) is 106 cm³/mol. The Kier molecular flexibility index (Phi) is 5.01. The molecule has 1 aliphatic heterocycles. The number of carbonyl (C=O) groups excluding carboxylic acids is 3. The molecule has 152 valence electrons. The van der Waals surface area contributed by atoms with E-state index in [0.29, 0.717) is 11.1 Å². The van der Waals surface area contributed by atoms with Crippen molar-refractivity contribution in [3.63, 3.8) is 0 Å². The molecule has 1 N–H and O–H groups in total. The minimum Gasteiger partial charge on any atom is -0.450 e. The van der Waals surface area contributed by atoms with Crippen molar-refractivity contribution in [3.8, 4) is 0 Å². The van der Waals surface area contributed by atoms with Crippen molar-refractivity contribution in [1.29, 1.82) is 0 Å². The van der Waals surface area contributed by atoms with E-state index in [1.54, 1.807) is 37.3 Å². The van der Waals surface area contributed by atoms with Gasteiger partial charge in [0.05, 0.1) is 36.2 Å². The van der Waals surface area contributed by atoms with Crippen LogP contribution in [-0.2, 0) is 11.3 Å². The third-order valence-corrected chi connectivity index (χ3v) is 4.63. The zero-order valence-corrected chi connectivity index (χ0v) is 16.0. The third kappa shape index (κ3) is 3.30. The van der Waals surface area contributed by atoms with Crippen molar-refractivity contribution in [2.75, 3.05) is 16.8 Å². The van der Waals surface area contributed by atoms with Gasteiger partial charge in [-0.05, 0) is 25.1 Å². The molecule has 0 radical (unpaired) electrons. The Morgan fingerprint density at radius 1 is 1.07 bits per heavy atom. The number of ether oxygens (including phenoxy) is 1. The van der Waals surface area contributed by atoms with Crippen LogP contribution < -0.4 is 10.2 Å². The lowest BCUT2D eigenvalue weighted by Crippen LogP contribution is -2.31. The summed E-state index contributed by atoms with van der Waals surface area (Å²) in [6, 6.07) is 12.6. The Morgan fingerprint density at radius 2 is 1.77 bits per heavy atom. The van der Waals surface area contributed by atoms with Crippen LogP contribution in [0.2, 0.25) is 0 Å². The van der Waals surface area contributed by atoms with Gasteiger partial charge in [-0.3, -0.25) is 14.9 Å². The Labute approximate surface area is 170 Å². The number of nitrogens with zero attached hydrogens (tertiary/aromatic N) is 3. The van der Waals surface area contributed by atoms with Crippen molar-refractivity contribution >= 4 is 29.4 Å². The standard InChI is InChI=1S/C21H17FN4O4/c1-2-30-21(29)24-16-9-5-6-13(18(16)22)12-25-17(10-11-23-25)26-19(27)14-7-3-4-8-15(14)20(26)28/h3-11H,2,12H2,1H3,(H,24,29). The lowest BCUT2D eigenvalue weighted by atomic mass is 10.1. The number of rotatable bonds is 5. The molecule has 3 aromatic rings. The summed E-state index contributed by atoms with van der Waals surface area (Å²) in [4.78, 5) is 38.1. The molecule has 0 aliphatic carbocycles. The molecular formula is C21H17FN4O4. The maximum Gasteiger partial charge on any atom is 0.411 e. The van der Waals surface area contributed by atoms with Gasteiger partial charge < -0.3 is 4.74 Å². The first-order chi connectivity index (χ1) is 14.5. The zero-order chi connectivity index (χ0) is 21.3. The maximum atomic E-state index is 14.9. The number of hydrogen-bond donors (Lipinski definition) is 1. The van der Waals surface area contributed by atoms with Crippen molar-refractivity contribution in [3.05, 3.63) is 77.2 Å². The highest BCUT2D eigenvalue weighted by molar-refractivity contribution is 6.34. The van der Waals surface area contributed by atoms with E-state index in [0.717, 1.165) is 4.90 Å². The van der Waals surface area contributed by atoms with Gasteiger partial charge in [0.25, 0.3) is 11.8 Å². The average molecular weight is 408 g/mol. The number of imide groups is 1. The molecule has 4 rings (SSSR count). The Balaban J connectivity index is 1.62. The number of benzene rings is 2. The molecule has 0 unspecified atom stereocenters. The first kappa shape index (κ1) is 19.3. The second-order valence-electron chi connectivity index (χ2n) is 6.46. The lowest BCUT2D eigenvalue weighted by Gasteiger charge is -2.16. The van der Waals surface area contributed by atoms with E-state index in [1.807, 2.05) is 0 Å². The van der Waals surface area contributed by atoms with Gasteiger partial charge in [-0.15, -0.1) is 0 Å². The van der Waals surface area contributed by atoms with Crippen molar-refractivity contribution in [1.82, 2.24) is 9.78 Å². The topological polar surface area (TPSA) is 93.5 Å². The summed E-state index contributed by atoms with van der Waals surface area (Å²) in [7, 11) is 0. The second-order valence-corrected chi connectivity index (χ2v) is 6.46. The maximum absolute atomic E-state index is 14.9. The molecule has 3 amide bonds. The van der Waals surface area contributed by atoms with Crippen LogP contribution in [0.25, 0.3) is 0 Å². The minimum absolute atomic E-state index is 0.0413. The van der Waals surface area contributed by atoms with E-state index in [1.165, 1.54) is 29.1 Å². The van der Waals surface area contributed by atoms with Gasteiger partial charge in [0, 0.05) is 11.6 Å². The quantitative estimate of drug-likeness (QED) is 0.653. The Bertz CT molecular complexity index is 1120. The first-order valence-electron chi connectivity index (χ1n) is 9.22. The number of anilines is 2. The predicted octanol–water partition coefficient (Wildman–Crippen LogP) is 3.44. The van der Waals surface area contributed by atoms with E-state index in [4.69, 9.17) is 4.74 Å². The smallest absolute Gasteiger partial charge is 0.411 e. The van der Waals surface area contributed by atoms with Gasteiger partial charge in [0.1, 0.15) is 5.82 Å². The molecule has 0 bridgehead atoms. The SMILES string of the molecule is CCOC(=O)Nc1cccc(Cn2nccc2N2C(=O)c3ccccc3C2=O)c1F. The number of amides is 3. The Hall–Kier alpha value is -4.01. The van der Waals surface area contributed by atoms with E-state index in [9.17, 15) is 18.8 Å². The van der Waals surface area contributed by atoms with Gasteiger partial charge in [-0.25, -0.2) is 18.8 Å². The highest BCUT2D eigenvalue weighted by atomic mass is 19.1. The van der Waals surface area contributed by atoms with E-state index in [-0.39, 0.29) is 30.2 Å².